The number of carboxylic acids is 1. The number of aliphatic carboxylic acids is 1. The third kappa shape index (κ3) is 6.96. The molecule has 0 spiro atoms. The number of Topliss-reactive ketones (excluding diaryl/α,β-unsaturated/α-hetero) is 1. The number of hydrogen-bond donors (Lipinski definition) is 2. The van der Waals surface area contributed by atoms with Crippen molar-refractivity contribution < 1.29 is 19.8 Å². The molecular weight excluding hydrogens is 360 g/mol. The minimum atomic E-state index is -0.897. The maximum Gasteiger partial charge on any atom is 0.303 e. The van der Waals surface area contributed by atoms with Gasteiger partial charge in [0.05, 0.1) is 5.60 Å². The van der Waals surface area contributed by atoms with Crippen molar-refractivity contribution >= 4 is 23.5 Å². The lowest BCUT2D eigenvalue weighted by molar-refractivity contribution is -0.137. The van der Waals surface area contributed by atoms with E-state index in [0.717, 1.165) is 37.7 Å². The molecule has 1 fully saturated rings. The van der Waals surface area contributed by atoms with Crippen LogP contribution in [0, 0.1) is 12.8 Å². The Labute approximate surface area is 166 Å². The van der Waals surface area contributed by atoms with Crippen LogP contribution in [0.15, 0.2) is 24.3 Å². The number of rotatable bonds is 11. The number of carbonyl (C=O) groups excluding carboxylic acids is 1. The predicted octanol–water partition coefficient (Wildman–Crippen LogP) is 4.71. The standard InChI is InChI=1S/C22H32O4S/c1-16-9-11-17(12-10-16)22(2,26)15-27-20-14-13-19(23)18(20)7-5-3-4-6-8-21(24)25/h9-12,18,20,26H,3-8,13-15H2,1-2H3,(H,24,25). The molecule has 0 bridgehead atoms. The molecule has 1 aliphatic carbocycles. The van der Waals surface area contributed by atoms with E-state index in [1.807, 2.05) is 38.1 Å². The molecular formula is C22H32O4S. The molecule has 5 heteroatoms. The molecule has 2 N–H and O–H groups in total. The van der Waals surface area contributed by atoms with Crippen molar-refractivity contribution in [2.75, 3.05) is 5.75 Å². The van der Waals surface area contributed by atoms with Gasteiger partial charge in [-0.15, -0.1) is 0 Å². The summed E-state index contributed by atoms with van der Waals surface area (Å²) < 4.78 is 0. The fourth-order valence-corrected chi connectivity index (χ4v) is 5.19. The number of thioether (sulfide) groups is 1. The van der Waals surface area contributed by atoms with Gasteiger partial charge in [-0.3, -0.25) is 9.59 Å². The highest BCUT2D eigenvalue weighted by molar-refractivity contribution is 8.00. The SMILES string of the molecule is Cc1ccc(C(C)(O)CSC2CCC(=O)C2CCCCCCC(=O)O)cc1. The zero-order valence-electron chi connectivity index (χ0n) is 16.4. The first-order valence-corrected chi connectivity index (χ1v) is 11.0. The van der Waals surface area contributed by atoms with E-state index >= 15 is 0 Å². The van der Waals surface area contributed by atoms with Crippen LogP contribution >= 0.6 is 11.8 Å². The number of ketones is 1. The van der Waals surface area contributed by atoms with E-state index in [0.29, 0.717) is 24.4 Å². The lowest BCUT2D eigenvalue weighted by atomic mass is 9.97. The van der Waals surface area contributed by atoms with E-state index in [-0.39, 0.29) is 17.6 Å². The van der Waals surface area contributed by atoms with Gasteiger partial charge >= 0.3 is 5.97 Å². The van der Waals surface area contributed by atoms with E-state index < -0.39 is 11.6 Å². The van der Waals surface area contributed by atoms with Crippen LogP contribution in [0.25, 0.3) is 0 Å². The monoisotopic (exact) mass is 392 g/mol. The van der Waals surface area contributed by atoms with Gasteiger partial charge in [0.2, 0.25) is 0 Å². The second-order valence-electron chi connectivity index (χ2n) is 7.95. The zero-order chi connectivity index (χ0) is 19.9. The van der Waals surface area contributed by atoms with Crippen LogP contribution in [0.4, 0.5) is 0 Å². The summed E-state index contributed by atoms with van der Waals surface area (Å²) in [4.78, 5) is 22.8. The average molecular weight is 393 g/mol. The third-order valence-corrected chi connectivity index (χ3v) is 7.17. The van der Waals surface area contributed by atoms with Gasteiger partial charge in [0.25, 0.3) is 0 Å². The molecule has 4 nitrogen and oxygen atoms in total. The number of aliphatic hydroxyl groups is 1. The van der Waals surface area contributed by atoms with Gasteiger partial charge in [-0.1, -0.05) is 49.1 Å². The first kappa shape index (κ1) is 22.0. The average Bonchev–Trinajstić information content (AvgIpc) is 2.96. The molecule has 150 valence electrons. The number of aryl methyl sites for hydroxylation is 1. The summed E-state index contributed by atoms with van der Waals surface area (Å²) in [6.07, 6.45) is 6.24. The Bertz CT molecular complexity index is 624. The number of carboxylic acid groups (broad SMARTS) is 1. The van der Waals surface area contributed by atoms with Crippen LogP contribution < -0.4 is 0 Å². The molecule has 3 atom stereocenters. The predicted molar refractivity (Wildman–Crippen MR) is 110 cm³/mol. The van der Waals surface area contributed by atoms with Crippen LogP contribution in [0.5, 0.6) is 0 Å². The summed E-state index contributed by atoms with van der Waals surface area (Å²) in [7, 11) is 0. The van der Waals surface area contributed by atoms with Gasteiger partial charge in [-0.25, -0.2) is 0 Å². The van der Waals surface area contributed by atoms with Crippen LogP contribution in [0.3, 0.4) is 0 Å². The van der Waals surface area contributed by atoms with Crippen molar-refractivity contribution in [1.29, 1.82) is 0 Å². The Morgan fingerprint density at radius 3 is 2.52 bits per heavy atom. The van der Waals surface area contributed by atoms with Crippen molar-refractivity contribution in [1.82, 2.24) is 0 Å². The smallest absolute Gasteiger partial charge is 0.303 e. The highest BCUT2D eigenvalue weighted by atomic mass is 32.2. The summed E-state index contributed by atoms with van der Waals surface area (Å²) in [6, 6.07) is 7.98. The molecule has 1 aliphatic rings. The van der Waals surface area contributed by atoms with Gasteiger partial charge in [0.1, 0.15) is 5.78 Å². The van der Waals surface area contributed by atoms with E-state index in [2.05, 4.69) is 0 Å². The quantitative estimate of drug-likeness (QED) is 0.534. The number of benzene rings is 1. The van der Waals surface area contributed by atoms with Gasteiger partial charge in [0.15, 0.2) is 0 Å². The number of carbonyl (C=O) groups is 2. The third-order valence-electron chi connectivity index (χ3n) is 5.45. The van der Waals surface area contributed by atoms with Crippen molar-refractivity contribution in [3.63, 3.8) is 0 Å². The fraction of sp³-hybridized carbons (Fsp3) is 0.636. The molecule has 0 amide bonds. The molecule has 0 aliphatic heterocycles. The highest BCUT2D eigenvalue weighted by Crippen LogP contribution is 2.38. The molecule has 1 aromatic rings. The Kier molecular flexibility index (Phi) is 8.36. The Morgan fingerprint density at radius 1 is 1.19 bits per heavy atom. The molecule has 0 heterocycles. The van der Waals surface area contributed by atoms with Crippen molar-refractivity contribution in [3.8, 4) is 0 Å². The maximum atomic E-state index is 12.3. The second kappa shape index (κ2) is 10.3. The van der Waals surface area contributed by atoms with Crippen molar-refractivity contribution in [3.05, 3.63) is 35.4 Å². The van der Waals surface area contributed by atoms with Crippen LogP contribution in [0.2, 0.25) is 0 Å². The number of unbranched alkanes of at least 4 members (excludes halogenated alkanes) is 3. The van der Waals surface area contributed by atoms with E-state index in [1.165, 1.54) is 5.56 Å². The van der Waals surface area contributed by atoms with E-state index in [9.17, 15) is 14.7 Å². The fourth-order valence-electron chi connectivity index (χ4n) is 3.68. The normalized spacial score (nSPS) is 22.0. The first-order valence-electron chi connectivity index (χ1n) is 9.95. The summed E-state index contributed by atoms with van der Waals surface area (Å²) in [5, 5.41) is 19.8. The topological polar surface area (TPSA) is 74.6 Å². The molecule has 0 saturated heterocycles. The largest absolute Gasteiger partial charge is 0.481 e. The molecule has 1 aromatic carbocycles. The lowest BCUT2D eigenvalue weighted by Crippen LogP contribution is -2.27. The van der Waals surface area contributed by atoms with E-state index in [1.54, 1.807) is 11.8 Å². The lowest BCUT2D eigenvalue weighted by Gasteiger charge is -2.27. The van der Waals surface area contributed by atoms with Gasteiger partial charge in [-0.2, -0.15) is 11.8 Å². The summed E-state index contributed by atoms with van der Waals surface area (Å²) >= 11 is 1.73. The van der Waals surface area contributed by atoms with Crippen LogP contribution in [-0.4, -0.2) is 33.0 Å². The summed E-state index contributed by atoms with van der Waals surface area (Å²) in [6.45, 7) is 3.88. The van der Waals surface area contributed by atoms with Gasteiger partial charge in [-0.05, 0) is 38.7 Å². The molecule has 0 radical (unpaired) electrons. The molecule has 2 rings (SSSR count). The van der Waals surface area contributed by atoms with Gasteiger partial charge in [0, 0.05) is 29.8 Å². The Morgan fingerprint density at radius 2 is 1.85 bits per heavy atom. The minimum Gasteiger partial charge on any atom is -0.481 e. The van der Waals surface area contributed by atoms with Gasteiger partial charge < -0.3 is 10.2 Å². The van der Waals surface area contributed by atoms with Crippen molar-refractivity contribution in [2.24, 2.45) is 5.92 Å². The molecule has 3 unspecified atom stereocenters. The zero-order valence-corrected chi connectivity index (χ0v) is 17.3. The van der Waals surface area contributed by atoms with E-state index in [4.69, 9.17) is 5.11 Å². The highest BCUT2D eigenvalue weighted by Gasteiger charge is 2.36. The number of hydrogen-bond acceptors (Lipinski definition) is 4. The van der Waals surface area contributed by atoms with Crippen molar-refractivity contribution in [2.45, 2.75) is 76.1 Å². The summed E-state index contributed by atoms with van der Waals surface area (Å²) in [5.74, 6) is 0.290. The van der Waals surface area contributed by atoms with Crippen LogP contribution in [-0.2, 0) is 15.2 Å². The molecule has 27 heavy (non-hydrogen) atoms. The van der Waals surface area contributed by atoms with Crippen LogP contribution in [0.1, 0.15) is 69.4 Å². The molecule has 1 saturated carbocycles. The maximum absolute atomic E-state index is 12.3. The summed E-state index contributed by atoms with van der Waals surface area (Å²) in [5.41, 5.74) is 1.19. The Hall–Kier alpha value is -1.33. The first-order chi connectivity index (χ1) is 12.8. The minimum absolute atomic E-state index is 0.0864. The Balaban J connectivity index is 1.79. The molecule has 0 aromatic heterocycles. The second-order valence-corrected chi connectivity index (χ2v) is 9.17.